The maximum Gasteiger partial charge on any atom is 0.325 e. The molecule has 0 unspecified atom stereocenters. The first kappa shape index (κ1) is 21.3. The quantitative estimate of drug-likeness (QED) is 0.669. The number of anilines is 1. The minimum atomic E-state index is -1.34. The van der Waals surface area contributed by atoms with E-state index in [0.717, 1.165) is 34.6 Å². The lowest BCUT2D eigenvalue weighted by molar-refractivity contribution is -0.133. The monoisotopic (exact) mass is 466 g/mol. The summed E-state index contributed by atoms with van der Waals surface area (Å²) in [6, 6.07) is 6.57. The van der Waals surface area contributed by atoms with Crippen LogP contribution in [0.25, 0.3) is 0 Å². The van der Waals surface area contributed by atoms with Crippen molar-refractivity contribution in [3.05, 3.63) is 39.8 Å². The topological polar surface area (TPSA) is 121 Å². The number of nitriles is 1. The highest BCUT2D eigenvalue weighted by molar-refractivity contribution is 7.16. The van der Waals surface area contributed by atoms with Crippen molar-refractivity contribution in [2.24, 2.45) is 5.92 Å². The fraction of sp³-hybridized carbons (Fsp3) is 0.391. The summed E-state index contributed by atoms with van der Waals surface area (Å²) in [5, 5.41) is 15.5. The smallest absolute Gasteiger partial charge is 0.325 e. The summed E-state index contributed by atoms with van der Waals surface area (Å²) in [4.78, 5) is 40.6. The molecule has 1 aromatic heterocycles. The maximum atomic E-state index is 13.2. The van der Waals surface area contributed by atoms with Gasteiger partial charge in [0.1, 0.15) is 23.2 Å². The average Bonchev–Trinajstić information content (AvgIpc) is 3.44. The lowest BCUT2D eigenvalue weighted by atomic mass is 9.89. The van der Waals surface area contributed by atoms with Crippen molar-refractivity contribution < 1.29 is 23.9 Å². The molecule has 0 bridgehead atoms. The Balaban J connectivity index is 1.33. The van der Waals surface area contributed by atoms with E-state index in [1.165, 1.54) is 11.3 Å². The van der Waals surface area contributed by atoms with Crippen LogP contribution in [0.1, 0.15) is 41.8 Å². The lowest BCUT2D eigenvalue weighted by Gasteiger charge is -2.22. The van der Waals surface area contributed by atoms with Crippen molar-refractivity contribution >= 4 is 34.2 Å². The summed E-state index contributed by atoms with van der Waals surface area (Å²) in [6.45, 7) is 3.40. The van der Waals surface area contributed by atoms with E-state index in [1.54, 1.807) is 25.1 Å². The predicted molar refractivity (Wildman–Crippen MR) is 119 cm³/mol. The van der Waals surface area contributed by atoms with E-state index < -0.39 is 29.9 Å². The first-order valence-corrected chi connectivity index (χ1v) is 11.5. The number of rotatable bonds is 4. The second-order valence-corrected chi connectivity index (χ2v) is 9.84. The highest BCUT2D eigenvalue weighted by Gasteiger charge is 2.50. The van der Waals surface area contributed by atoms with Crippen LogP contribution in [0.15, 0.2) is 18.2 Å². The molecular weight excluding hydrogens is 444 g/mol. The van der Waals surface area contributed by atoms with Crippen LogP contribution >= 0.6 is 11.3 Å². The third-order valence-electron chi connectivity index (χ3n) is 6.40. The van der Waals surface area contributed by atoms with Gasteiger partial charge in [-0.1, -0.05) is 13.0 Å². The number of hydrogen-bond acceptors (Lipinski definition) is 7. The van der Waals surface area contributed by atoms with Gasteiger partial charge in [-0.2, -0.15) is 5.26 Å². The van der Waals surface area contributed by atoms with Gasteiger partial charge in [0.2, 0.25) is 12.7 Å². The van der Waals surface area contributed by atoms with E-state index in [1.807, 2.05) is 0 Å². The van der Waals surface area contributed by atoms with E-state index in [4.69, 9.17) is 9.47 Å². The van der Waals surface area contributed by atoms with Crippen LogP contribution in [0.5, 0.6) is 11.5 Å². The molecule has 3 heterocycles. The second kappa shape index (κ2) is 7.78. The highest BCUT2D eigenvalue weighted by atomic mass is 32.1. The summed E-state index contributed by atoms with van der Waals surface area (Å²) < 4.78 is 10.7. The third kappa shape index (κ3) is 3.49. The Kier molecular flexibility index (Phi) is 5.01. The van der Waals surface area contributed by atoms with Gasteiger partial charge in [0.25, 0.3) is 5.91 Å². The molecule has 0 spiro atoms. The van der Waals surface area contributed by atoms with Crippen LogP contribution in [-0.4, -0.2) is 36.1 Å². The molecule has 2 aliphatic heterocycles. The Bertz CT molecular complexity index is 1230. The summed E-state index contributed by atoms with van der Waals surface area (Å²) in [7, 11) is 0. The summed E-state index contributed by atoms with van der Waals surface area (Å²) in [5.74, 6) is 0.521. The maximum absolute atomic E-state index is 13.2. The van der Waals surface area contributed by atoms with Crippen molar-refractivity contribution in [2.45, 2.75) is 38.6 Å². The molecule has 2 atom stereocenters. The molecule has 3 aliphatic rings. The van der Waals surface area contributed by atoms with Crippen molar-refractivity contribution in [1.29, 1.82) is 5.26 Å². The van der Waals surface area contributed by atoms with Gasteiger partial charge in [0.05, 0.1) is 5.56 Å². The molecule has 33 heavy (non-hydrogen) atoms. The van der Waals surface area contributed by atoms with Crippen LogP contribution in [0.3, 0.4) is 0 Å². The van der Waals surface area contributed by atoms with Crippen molar-refractivity contribution in [1.82, 2.24) is 10.2 Å². The number of benzene rings is 1. The molecule has 2 N–H and O–H groups in total. The molecule has 2 aromatic rings. The lowest BCUT2D eigenvalue weighted by Crippen LogP contribution is -2.42. The Morgan fingerprint density at radius 3 is 2.94 bits per heavy atom. The number of nitrogens with one attached hydrogen (secondary N) is 2. The molecule has 0 radical (unpaired) electrons. The van der Waals surface area contributed by atoms with Gasteiger partial charge in [0.15, 0.2) is 11.5 Å². The largest absolute Gasteiger partial charge is 0.454 e. The van der Waals surface area contributed by atoms with Crippen LogP contribution in [0.2, 0.25) is 0 Å². The number of thiophene rings is 1. The number of carbonyl (C=O) groups excluding carboxylic acids is 3. The van der Waals surface area contributed by atoms with E-state index in [0.29, 0.717) is 33.5 Å². The number of fused-ring (bicyclic) bond motifs is 2. The summed E-state index contributed by atoms with van der Waals surface area (Å²) >= 11 is 1.40. The molecule has 1 saturated heterocycles. The number of carbonyl (C=O) groups is 3. The predicted octanol–water partition coefficient (Wildman–Crippen LogP) is 2.88. The van der Waals surface area contributed by atoms with Crippen LogP contribution in [0.4, 0.5) is 9.80 Å². The minimum Gasteiger partial charge on any atom is -0.454 e. The first-order chi connectivity index (χ1) is 15.8. The van der Waals surface area contributed by atoms with Crippen molar-refractivity contribution in [2.75, 3.05) is 18.7 Å². The fourth-order valence-corrected chi connectivity index (χ4v) is 5.89. The number of nitrogens with zero attached hydrogens (tertiary/aromatic N) is 2. The first-order valence-electron chi connectivity index (χ1n) is 10.7. The standard InChI is InChI=1S/C23H22N4O5S/c1-12-3-5-14-15(9-24)20(33-18(14)7-12)25-19(28)10-27-21(29)23(2,26-22(27)30)13-4-6-16-17(8-13)32-11-31-16/h4,6,8,12H,3,5,7,10-11H2,1-2H3,(H,25,28)(H,26,30)/t12-,23-/m1/s1. The van der Waals surface area contributed by atoms with E-state index in [2.05, 4.69) is 23.6 Å². The molecule has 9 nitrogen and oxygen atoms in total. The molecule has 170 valence electrons. The van der Waals surface area contributed by atoms with Crippen molar-refractivity contribution in [3.8, 4) is 17.6 Å². The summed E-state index contributed by atoms with van der Waals surface area (Å²) in [5.41, 5.74) is 0.674. The molecule has 1 fully saturated rings. The fourth-order valence-electron chi connectivity index (χ4n) is 4.51. The average molecular weight is 467 g/mol. The van der Waals surface area contributed by atoms with Crippen LogP contribution < -0.4 is 20.1 Å². The van der Waals surface area contributed by atoms with Gasteiger partial charge in [-0.05, 0) is 55.4 Å². The Morgan fingerprint density at radius 1 is 1.36 bits per heavy atom. The van der Waals surface area contributed by atoms with Gasteiger partial charge in [-0.25, -0.2) is 4.79 Å². The SMILES string of the molecule is C[C@@H]1CCc2c(sc(NC(=O)CN3C(=O)N[C@](C)(c4ccc5c(c4)OCO5)C3=O)c2C#N)C1. The van der Waals surface area contributed by atoms with E-state index >= 15 is 0 Å². The molecule has 10 heteroatoms. The molecule has 1 aliphatic carbocycles. The molecule has 0 saturated carbocycles. The van der Waals surface area contributed by atoms with Crippen LogP contribution in [0, 0.1) is 17.2 Å². The molecule has 5 rings (SSSR count). The van der Waals surface area contributed by atoms with Gasteiger partial charge in [0, 0.05) is 4.88 Å². The number of amides is 4. The highest BCUT2D eigenvalue weighted by Crippen LogP contribution is 2.40. The molecular formula is C23H22N4O5S. The van der Waals surface area contributed by atoms with Crippen molar-refractivity contribution in [3.63, 3.8) is 0 Å². The van der Waals surface area contributed by atoms with Crippen LogP contribution in [-0.2, 0) is 28.0 Å². The molecule has 1 aromatic carbocycles. The zero-order valence-corrected chi connectivity index (χ0v) is 19.0. The van der Waals surface area contributed by atoms with Gasteiger partial charge < -0.3 is 20.1 Å². The zero-order valence-electron chi connectivity index (χ0n) is 18.2. The zero-order chi connectivity index (χ0) is 23.3. The van der Waals surface area contributed by atoms with Gasteiger partial charge in [-0.3, -0.25) is 14.5 Å². The number of imide groups is 1. The van der Waals surface area contributed by atoms with E-state index in [9.17, 15) is 19.6 Å². The minimum absolute atomic E-state index is 0.0951. The Hall–Kier alpha value is -3.58. The van der Waals surface area contributed by atoms with Gasteiger partial charge in [-0.15, -0.1) is 11.3 Å². The Morgan fingerprint density at radius 2 is 2.15 bits per heavy atom. The normalized spacial score (nSPS) is 23.2. The van der Waals surface area contributed by atoms with E-state index in [-0.39, 0.29) is 6.79 Å². The number of hydrogen-bond donors (Lipinski definition) is 2. The van der Waals surface area contributed by atoms with Gasteiger partial charge >= 0.3 is 6.03 Å². The molecule has 4 amide bonds. The third-order valence-corrected chi connectivity index (χ3v) is 7.57. The number of ether oxygens (including phenoxy) is 2. The number of urea groups is 1. The second-order valence-electron chi connectivity index (χ2n) is 8.73. The Labute approximate surface area is 194 Å². The summed E-state index contributed by atoms with van der Waals surface area (Å²) in [6.07, 6.45) is 2.70.